The molecule has 158 valence electrons. The highest BCUT2D eigenvalue weighted by Crippen LogP contribution is 2.31. The molecule has 0 aliphatic rings. The highest BCUT2D eigenvalue weighted by atomic mass is 35.5. The molecule has 4 rings (SSSR count). The highest BCUT2D eigenvalue weighted by molar-refractivity contribution is 6.31. The molecular weight excluding hydrogens is 420 g/mol. The summed E-state index contributed by atoms with van der Waals surface area (Å²) in [6.45, 7) is 0.231. The predicted molar refractivity (Wildman–Crippen MR) is 116 cm³/mol. The third kappa shape index (κ3) is 4.57. The van der Waals surface area contributed by atoms with Gasteiger partial charge in [-0.15, -0.1) is 0 Å². The van der Waals surface area contributed by atoms with E-state index >= 15 is 0 Å². The Bertz CT molecular complexity index is 1300. The average molecular weight is 439 g/mol. The highest BCUT2D eigenvalue weighted by Gasteiger charge is 2.14. The van der Waals surface area contributed by atoms with Crippen molar-refractivity contribution >= 4 is 34.2 Å². The molecule has 0 unspecified atom stereocenters. The van der Waals surface area contributed by atoms with Crippen LogP contribution in [0.5, 0.6) is 11.5 Å². The number of rotatable bonds is 6. The van der Waals surface area contributed by atoms with E-state index in [1.807, 2.05) is 0 Å². The zero-order chi connectivity index (χ0) is 21.8. The van der Waals surface area contributed by atoms with Gasteiger partial charge in [0.2, 0.25) is 5.55 Å². The van der Waals surface area contributed by atoms with Crippen molar-refractivity contribution in [1.82, 2.24) is 5.32 Å². The number of hydrogen-bond donors (Lipinski definition) is 1. The Kier molecular flexibility index (Phi) is 5.95. The number of fused-ring (bicyclic) bond motifs is 1. The van der Waals surface area contributed by atoms with Gasteiger partial charge in [0.25, 0.3) is 5.91 Å². The molecule has 31 heavy (non-hydrogen) atoms. The Morgan fingerprint density at radius 1 is 1.06 bits per heavy atom. The fourth-order valence-electron chi connectivity index (χ4n) is 3.03. The van der Waals surface area contributed by atoms with Gasteiger partial charge in [0, 0.05) is 16.5 Å². The number of amides is 1. The lowest BCUT2D eigenvalue weighted by molar-refractivity contribution is 0.0944. The molecule has 2 aromatic carbocycles. The minimum absolute atomic E-state index is 0.152. The fourth-order valence-corrected chi connectivity index (χ4v) is 3.22. The van der Waals surface area contributed by atoms with Crippen LogP contribution >= 0.6 is 11.6 Å². The van der Waals surface area contributed by atoms with Crippen molar-refractivity contribution in [2.24, 2.45) is 4.99 Å². The van der Waals surface area contributed by atoms with Gasteiger partial charge in [-0.25, -0.2) is 4.99 Å². The van der Waals surface area contributed by atoms with Gasteiger partial charge in [-0.05, 0) is 48.5 Å². The van der Waals surface area contributed by atoms with E-state index in [1.165, 1.54) is 0 Å². The molecule has 2 aromatic heterocycles. The normalized spacial score (nSPS) is 11.5. The number of nitrogens with zero attached hydrogens (tertiary/aromatic N) is 1. The molecule has 8 heteroatoms. The average Bonchev–Trinajstić information content (AvgIpc) is 3.30. The molecule has 0 aliphatic carbocycles. The number of carbonyl (C=O) groups is 1. The smallest absolute Gasteiger partial charge is 0.257 e. The van der Waals surface area contributed by atoms with Crippen LogP contribution in [0.1, 0.15) is 16.1 Å². The summed E-state index contributed by atoms with van der Waals surface area (Å²) in [5, 5.41) is 4.04. The van der Waals surface area contributed by atoms with E-state index in [1.54, 1.807) is 75.1 Å². The maximum absolute atomic E-state index is 13.0. The SMILES string of the molecule is COc1ccc(N=c2oc3ccc(Cl)cc3cc2C(=O)NCc2ccco2)cc1OC. The number of ether oxygens (including phenoxy) is 2. The van der Waals surface area contributed by atoms with Gasteiger partial charge in [0.05, 0.1) is 32.7 Å². The van der Waals surface area contributed by atoms with Crippen LogP contribution in [-0.4, -0.2) is 20.1 Å². The van der Waals surface area contributed by atoms with Gasteiger partial charge >= 0.3 is 0 Å². The molecule has 4 aromatic rings. The molecule has 0 radical (unpaired) electrons. The van der Waals surface area contributed by atoms with Crippen molar-refractivity contribution in [3.63, 3.8) is 0 Å². The number of furan rings is 1. The van der Waals surface area contributed by atoms with Crippen LogP contribution in [0.3, 0.4) is 0 Å². The van der Waals surface area contributed by atoms with Crippen molar-refractivity contribution in [3.8, 4) is 11.5 Å². The van der Waals surface area contributed by atoms with E-state index in [0.717, 1.165) is 0 Å². The van der Waals surface area contributed by atoms with E-state index in [9.17, 15) is 4.79 Å². The van der Waals surface area contributed by atoms with E-state index in [2.05, 4.69) is 10.3 Å². The van der Waals surface area contributed by atoms with E-state index in [-0.39, 0.29) is 23.6 Å². The molecule has 0 bridgehead atoms. The maximum Gasteiger partial charge on any atom is 0.257 e. The zero-order valence-electron chi connectivity index (χ0n) is 16.8. The molecule has 2 heterocycles. The molecule has 0 fully saturated rings. The van der Waals surface area contributed by atoms with Gasteiger partial charge in [0.15, 0.2) is 11.5 Å². The lowest BCUT2D eigenvalue weighted by Gasteiger charge is -2.08. The zero-order valence-corrected chi connectivity index (χ0v) is 17.6. The molecule has 0 saturated carbocycles. The van der Waals surface area contributed by atoms with Gasteiger partial charge in [-0.3, -0.25) is 4.79 Å². The van der Waals surface area contributed by atoms with E-state index in [4.69, 9.17) is 29.9 Å². The van der Waals surface area contributed by atoms with Crippen LogP contribution < -0.4 is 20.3 Å². The number of benzene rings is 2. The quantitative estimate of drug-likeness (QED) is 0.464. The molecule has 0 spiro atoms. The monoisotopic (exact) mass is 438 g/mol. The van der Waals surface area contributed by atoms with Crippen molar-refractivity contribution in [1.29, 1.82) is 0 Å². The van der Waals surface area contributed by atoms with Crippen LogP contribution in [0.2, 0.25) is 5.02 Å². The number of halogens is 1. The van der Waals surface area contributed by atoms with Gasteiger partial charge in [-0.2, -0.15) is 0 Å². The van der Waals surface area contributed by atoms with Crippen molar-refractivity contribution in [2.75, 3.05) is 14.2 Å². The Balaban J connectivity index is 1.80. The molecule has 0 aliphatic heterocycles. The van der Waals surface area contributed by atoms with Crippen LogP contribution in [-0.2, 0) is 6.54 Å². The number of nitrogens with one attached hydrogen (secondary N) is 1. The lowest BCUT2D eigenvalue weighted by atomic mass is 10.1. The molecule has 1 N–H and O–H groups in total. The van der Waals surface area contributed by atoms with Gasteiger partial charge in [-0.1, -0.05) is 11.6 Å². The topological polar surface area (TPSA) is 86.2 Å². The fraction of sp³-hybridized carbons (Fsp3) is 0.130. The number of hydrogen-bond acceptors (Lipinski definition) is 6. The van der Waals surface area contributed by atoms with Gasteiger partial charge in [0.1, 0.15) is 16.9 Å². The first-order valence-electron chi connectivity index (χ1n) is 9.38. The summed E-state index contributed by atoms with van der Waals surface area (Å²) in [7, 11) is 3.10. The third-order valence-electron chi connectivity index (χ3n) is 4.55. The Hall–Kier alpha value is -3.71. The standard InChI is InChI=1S/C23H19ClN2O5/c1-28-20-8-6-16(12-21(20)29-2)26-23-18(22(27)25-13-17-4-3-9-30-17)11-14-10-15(24)5-7-19(14)31-23/h3-12H,13H2,1-2H3,(H,25,27). The maximum atomic E-state index is 13.0. The Labute approximate surface area is 182 Å². The summed E-state index contributed by atoms with van der Waals surface area (Å²) < 4.78 is 21.8. The van der Waals surface area contributed by atoms with E-state index in [0.29, 0.717) is 38.9 Å². The van der Waals surface area contributed by atoms with Crippen molar-refractivity contribution in [3.05, 3.63) is 82.8 Å². The Morgan fingerprint density at radius 3 is 2.65 bits per heavy atom. The molecule has 7 nitrogen and oxygen atoms in total. The first-order chi connectivity index (χ1) is 15.1. The molecule has 0 saturated heterocycles. The van der Waals surface area contributed by atoms with Crippen molar-refractivity contribution in [2.45, 2.75) is 6.54 Å². The van der Waals surface area contributed by atoms with Crippen LogP contribution in [0.15, 0.2) is 74.7 Å². The summed E-state index contributed by atoms with van der Waals surface area (Å²) >= 11 is 6.11. The summed E-state index contributed by atoms with van der Waals surface area (Å²) in [5.74, 6) is 1.36. The minimum atomic E-state index is -0.360. The van der Waals surface area contributed by atoms with Crippen molar-refractivity contribution < 1.29 is 23.1 Å². The third-order valence-corrected chi connectivity index (χ3v) is 4.79. The Morgan fingerprint density at radius 2 is 1.90 bits per heavy atom. The first-order valence-corrected chi connectivity index (χ1v) is 9.76. The molecule has 1 amide bonds. The molecule has 0 atom stereocenters. The minimum Gasteiger partial charge on any atom is -0.493 e. The largest absolute Gasteiger partial charge is 0.493 e. The number of carbonyl (C=O) groups excluding carboxylic acids is 1. The molecular formula is C23H19ClN2O5. The van der Waals surface area contributed by atoms with Crippen LogP contribution in [0, 0.1) is 0 Å². The second-order valence-corrected chi connectivity index (χ2v) is 7.00. The second kappa shape index (κ2) is 8.97. The summed E-state index contributed by atoms with van der Waals surface area (Å²) in [5.41, 5.74) is 1.50. The summed E-state index contributed by atoms with van der Waals surface area (Å²) in [6, 6.07) is 15.6. The van der Waals surface area contributed by atoms with Crippen LogP contribution in [0.25, 0.3) is 11.0 Å². The predicted octanol–water partition coefficient (Wildman–Crippen LogP) is 4.86. The second-order valence-electron chi connectivity index (χ2n) is 6.56. The summed E-state index contributed by atoms with van der Waals surface area (Å²) in [6.07, 6.45) is 1.55. The number of methoxy groups -OCH3 is 2. The summed E-state index contributed by atoms with van der Waals surface area (Å²) in [4.78, 5) is 17.5. The van der Waals surface area contributed by atoms with Crippen LogP contribution in [0.4, 0.5) is 5.69 Å². The lowest BCUT2D eigenvalue weighted by Crippen LogP contribution is -2.28. The van der Waals surface area contributed by atoms with E-state index < -0.39 is 0 Å². The van der Waals surface area contributed by atoms with Gasteiger partial charge < -0.3 is 23.6 Å². The first kappa shape index (κ1) is 20.6.